The van der Waals surface area contributed by atoms with Crippen LogP contribution in [0.5, 0.6) is 17.2 Å². The van der Waals surface area contributed by atoms with Gasteiger partial charge in [0.15, 0.2) is 5.11 Å². The number of hydrogen-bond donors (Lipinski definition) is 3. The number of thiocarbonyl (C=S) groups is 1. The molecule has 0 aromatic heterocycles. The van der Waals surface area contributed by atoms with Crippen molar-refractivity contribution in [1.82, 2.24) is 10.2 Å². The Balaban J connectivity index is 1.86. The molecule has 0 spiro atoms. The van der Waals surface area contributed by atoms with E-state index in [2.05, 4.69) is 11.9 Å². The number of phenols is 1. The minimum Gasteiger partial charge on any atom is -0.507 e. The third-order valence-electron chi connectivity index (χ3n) is 3.92. The summed E-state index contributed by atoms with van der Waals surface area (Å²) in [4.78, 5) is 25.9. The summed E-state index contributed by atoms with van der Waals surface area (Å²) in [7, 11) is 0. The van der Waals surface area contributed by atoms with E-state index in [1.807, 2.05) is 0 Å². The van der Waals surface area contributed by atoms with Gasteiger partial charge < -0.3 is 15.6 Å². The Hall–Kier alpha value is -3.65. The fraction of sp³-hybridized carbons (Fsp3) is 0.0500. The first-order valence-corrected chi connectivity index (χ1v) is 8.66. The first-order chi connectivity index (χ1) is 13.4. The normalized spacial score (nSPS) is 15.5. The maximum atomic E-state index is 12.5. The Morgan fingerprint density at radius 2 is 1.86 bits per heavy atom. The zero-order valence-electron chi connectivity index (χ0n) is 14.7. The van der Waals surface area contributed by atoms with E-state index in [9.17, 15) is 14.7 Å². The first-order valence-electron chi connectivity index (χ1n) is 8.25. The molecule has 142 valence electrons. The van der Waals surface area contributed by atoms with Gasteiger partial charge in [0.1, 0.15) is 22.8 Å². The molecule has 0 radical (unpaired) electrons. The van der Waals surface area contributed by atoms with Crippen LogP contribution in [0.4, 0.5) is 5.69 Å². The highest BCUT2D eigenvalue weighted by Crippen LogP contribution is 2.30. The van der Waals surface area contributed by atoms with Gasteiger partial charge in [0.25, 0.3) is 11.8 Å². The first kappa shape index (κ1) is 19.1. The average Bonchev–Trinajstić information content (AvgIpc) is 2.65. The van der Waals surface area contributed by atoms with Gasteiger partial charge in [-0.25, -0.2) is 0 Å². The van der Waals surface area contributed by atoms with Gasteiger partial charge in [0, 0.05) is 23.9 Å². The molecule has 1 heterocycles. The molecule has 0 saturated carbocycles. The molecular formula is C20H17N3O4S. The van der Waals surface area contributed by atoms with E-state index in [-0.39, 0.29) is 28.5 Å². The lowest BCUT2D eigenvalue weighted by Crippen LogP contribution is -2.53. The van der Waals surface area contributed by atoms with Crippen molar-refractivity contribution in [1.29, 1.82) is 0 Å². The molecule has 1 saturated heterocycles. The van der Waals surface area contributed by atoms with Gasteiger partial charge in [-0.1, -0.05) is 6.08 Å². The number of hydrogen-bond acceptors (Lipinski definition) is 6. The highest BCUT2D eigenvalue weighted by Gasteiger charge is 2.32. The molecule has 0 aliphatic carbocycles. The Morgan fingerprint density at radius 3 is 2.50 bits per heavy atom. The number of nitrogens with one attached hydrogen (secondary N) is 1. The molecule has 7 nitrogen and oxygen atoms in total. The summed E-state index contributed by atoms with van der Waals surface area (Å²) < 4.78 is 5.65. The molecule has 3 rings (SSSR count). The number of nitrogens with two attached hydrogens (primary N) is 1. The van der Waals surface area contributed by atoms with Gasteiger partial charge in [-0.15, -0.1) is 6.58 Å². The van der Waals surface area contributed by atoms with Crippen molar-refractivity contribution in [2.24, 2.45) is 0 Å². The summed E-state index contributed by atoms with van der Waals surface area (Å²) in [6.07, 6.45) is 2.80. The van der Waals surface area contributed by atoms with Crippen molar-refractivity contribution in [2.45, 2.75) is 0 Å². The fourth-order valence-corrected chi connectivity index (χ4v) is 2.78. The minimum absolute atomic E-state index is 0.0171. The molecule has 1 aliphatic rings. The summed E-state index contributed by atoms with van der Waals surface area (Å²) in [5.74, 6) is -0.398. The number of carbonyl (C=O) groups excluding carboxylic acids is 2. The van der Waals surface area contributed by atoms with Crippen molar-refractivity contribution in [3.63, 3.8) is 0 Å². The molecule has 1 fully saturated rings. The van der Waals surface area contributed by atoms with Crippen molar-refractivity contribution in [3.8, 4) is 17.2 Å². The van der Waals surface area contributed by atoms with Gasteiger partial charge >= 0.3 is 0 Å². The van der Waals surface area contributed by atoms with Crippen molar-refractivity contribution in [2.75, 3.05) is 12.3 Å². The van der Waals surface area contributed by atoms with E-state index in [0.29, 0.717) is 17.2 Å². The summed E-state index contributed by atoms with van der Waals surface area (Å²) in [5.41, 5.74) is 6.39. The molecule has 2 aromatic carbocycles. The van der Waals surface area contributed by atoms with Gasteiger partial charge in [-0.05, 0) is 54.7 Å². The molecule has 28 heavy (non-hydrogen) atoms. The Bertz CT molecular complexity index is 999. The van der Waals surface area contributed by atoms with E-state index < -0.39 is 11.8 Å². The maximum absolute atomic E-state index is 12.5. The lowest BCUT2D eigenvalue weighted by atomic mass is 10.1. The number of anilines is 1. The minimum atomic E-state index is -0.628. The molecule has 0 unspecified atom stereocenters. The van der Waals surface area contributed by atoms with Gasteiger partial charge in [-0.2, -0.15) is 0 Å². The Morgan fingerprint density at radius 1 is 1.18 bits per heavy atom. The number of amides is 2. The monoisotopic (exact) mass is 395 g/mol. The summed E-state index contributed by atoms with van der Waals surface area (Å²) in [6.45, 7) is 3.73. The lowest BCUT2D eigenvalue weighted by Gasteiger charge is -2.27. The second kappa shape index (κ2) is 7.93. The van der Waals surface area contributed by atoms with E-state index in [4.69, 9.17) is 22.7 Å². The second-order valence-electron chi connectivity index (χ2n) is 5.91. The van der Waals surface area contributed by atoms with Gasteiger partial charge in [-0.3, -0.25) is 19.8 Å². The molecule has 0 bridgehead atoms. The number of phenolic OH excluding ortho intramolecular Hbond substituents is 1. The van der Waals surface area contributed by atoms with Crippen LogP contribution >= 0.6 is 12.2 Å². The van der Waals surface area contributed by atoms with Crippen LogP contribution in [0.1, 0.15) is 5.56 Å². The summed E-state index contributed by atoms with van der Waals surface area (Å²) in [5, 5.41) is 12.8. The zero-order valence-corrected chi connectivity index (χ0v) is 15.5. The number of rotatable bonds is 5. The van der Waals surface area contributed by atoms with Gasteiger partial charge in [0.05, 0.1) is 0 Å². The topological polar surface area (TPSA) is 105 Å². The van der Waals surface area contributed by atoms with E-state index in [1.165, 1.54) is 23.1 Å². The fourth-order valence-electron chi connectivity index (χ4n) is 2.53. The Labute approximate surface area is 166 Å². The smallest absolute Gasteiger partial charge is 0.265 e. The highest BCUT2D eigenvalue weighted by atomic mass is 32.1. The van der Waals surface area contributed by atoms with Crippen molar-refractivity contribution < 1.29 is 19.4 Å². The van der Waals surface area contributed by atoms with Crippen LogP contribution in [0.25, 0.3) is 6.08 Å². The summed E-state index contributed by atoms with van der Waals surface area (Å²) in [6, 6.07) is 11.3. The molecule has 2 aromatic rings. The largest absolute Gasteiger partial charge is 0.507 e. The van der Waals surface area contributed by atoms with Crippen LogP contribution in [0, 0.1) is 0 Å². The predicted molar refractivity (Wildman–Crippen MR) is 110 cm³/mol. The van der Waals surface area contributed by atoms with Crippen LogP contribution in [-0.2, 0) is 9.59 Å². The van der Waals surface area contributed by atoms with Gasteiger partial charge in [0.2, 0.25) is 0 Å². The van der Waals surface area contributed by atoms with E-state index >= 15 is 0 Å². The highest BCUT2D eigenvalue weighted by molar-refractivity contribution is 7.80. The maximum Gasteiger partial charge on any atom is 0.265 e. The molecule has 1 aliphatic heterocycles. The number of aromatic hydroxyl groups is 1. The molecule has 8 heteroatoms. The predicted octanol–water partition coefficient (Wildman–Crippen LogP) is 2.58. The number of nitrogen functional groups attached to an aromatic ring is 1. The third kappa shape index (κ3) is 4.02. The zero-order chi connectivity index (χ0) is 20.3. The van der Waals surface area contributed by atoms with Crippen LogP contribution in [0.3, 0.4) is 0 Å². The second-order valence-corrected chi connectivity index (χ2v) is 6.30. The van der Waals surface area contributed by atoms with Crippen LogP contribution < -0.4 is 15.8 Å². The Kier molecular flexibility index (Phi) is 5.42. The van der Waals surface area contributed by atoms with Crippen LogP contribution in [0.15, 0.2) is 60.7 Å². The molecule has 0 atom stereocenters. The van der Waals surface area contributed by atoms with Crippen LogP contribution in [0.2, 0.25) is 0 Å². The quantitative estimate of drug-likeness (QED) is 0.236. The van der Waals surface area contributed by atoms with Crippen molar-refractivity contribution in [3.05, 3.63) is 66.3 Å². The number of nitrogens with zero attached hydrogens (tertiary/aromatic N) is 1. The van der Waals surface area contributed by atoms with E-state index in [0.717, 1.165) is 0 Å². The number of benzene rings is 2. The molecule has 2 amide bonds. The summed E-state index contributed by atoms with van der Waals surface area (Å²) >= 11 is 5.00. The molecule has 4 N–H and O–H groups in total. The SMILES string of the molecule is C=CCN1C(=O)C(=Cc2ccc(Oc3ccc(N)cc3)cc2O)C(=O)NC1=S. The number of ether oxygens (including phenoxy) is 1. The standard InChI is InChI=1S/C20H17N3O4S/c1-2-9-23-19(26)16(18(25)22-20(23)28)10-12-3-6-15(11-17(12)24)27-14-7-4-13(21)5-8-14/h2-8,10-11,24H,1,9,21H2,(H,22,25,28). The van der Waals surface area contributed by atoms with Crippen LogP contribution in [-0.4, -0.2) is 33.5 Å². The number of carbonyl (C=O) groups is 2. The van der Waals surface area contributed by atoms with Crippen molar-refractivity contribution >= 4 is 40.9 Å². The molecular weight excluding hydrogens is 378 g/mol. The third-order valence-corrected chi connectivity index (χ3v) is 4.24. The average molecular weight is 395 g/mol. The van der Waals surface area contributed by atoms with E-state index in [1.54, 1.807) is 36.4 Å². The lowest BCUT2D eigenvalue weighted by molar-refractivity contribution is -0.128.